The fraction of sp³-hybridized carbons (Fsp3) is 0.917. The van der Waals surface area contributed by atoms with E-state index in [1.165, 1.54) is 38.5 Å². The first kappa shape index (κ1) is 7.85. The Labute approximate surface area is 80.1 Å². The summed E-state index contributed by atoms with van der Waals surface area (Å²) in [5.74, 6) is 1.79. The molecule has 0 aliphatic heterocycles. The van der Waals surface area contributed by atoms with Crippen LogP contribution in [0.2, 0.25) is 0 Å². The SMILES string of the molecule is CC12CC3CC(C1)CC(C#N)(C3)C2. The molecule has 0 spiro atoms. The minimum absolute atomic E-state index is 0.110. The third kappa shape index (κ3) is 0.980. The van der Waals surface area contributed by atoms with Gasteiger partial charge in [0.1, 0.15) is 0 Å². The van der Waals surface area contributed by atoms with Gasteiger partial charge in [0.05, 0.1) is 11.5 Å². The van der Waals surface area contributed by atoms with Crippen molar-refractivity contribution in [3.05, 3.63) is 0 Å². The van der Waals surface area contributed by atoms with Crippen LogP contribution in [-0.2, 0) is 0 Å². The quantitative estimate of drug-likeness (QED) is 0.555. The molecule has 4 rings (SSSR count). The van der Waals surface area contributed by atoms with E-state index in [1.807, 2.05) is 0 Å². The van der Waals surface area contributed by atoms with Gasteiger partial charge in [0.2, 0.25) is 0 Å². The van der Waals surface area contributed by atoms with Crippen molar-refractivity contribution in [2.24, 2.45) is 22.7 Å². The van der Waals surface area contributed by atoms with E-state index in [2.05, 4.69) is 13.0 Å². The highest BCUT2D eigenvalue weighted by Gasteiger charge is 2.55. The highest BCUT2D eigenvalue weighted by atomic mass is 14.6. The average Bonchev–Trinajstić information content (AvgIpc) is 1.99. The molecule has 2 unspecified atom stereocenters. The van der Waals surface area contributed by atoms with E-state index in [4.69, 9.17) is 0 Å². The zero-order chi connectivity index (χ0) is 9.10. The summed E-state index contributed by atoms with van der Waals surface area (Å²) < 4.78 is 0. The third-order valence-electron chi connectivity index (χ3n) is 4.59. The van der Waals surface area contributed by atoms with Crippen LogP contribution in [0.1, 0.15) is 45.4 Å². The van der Waals surface area contributed by atoms with Gasteiger partial charge in [0.15, 0.2) is 0 Å². The maximum Gasteiger partial charge on any atom is 0.0690 e. The lowest BCUT2D eigenvalue weighted by atomic mass is 9.45. The first-order chi connectivity index (χ1) is 6.13. The molecule has 0 saturated heterocycles. The molecule has 1 heteroatoms. The highest BCUT2D eigenvalue weighted by Crippen LogP contribution is 2.64. The van der Waals surface area contributed by atoms with E-state index in [0.29, 0.717) is 5.41 Å². The van der Waals surface area contributed by atoms with E-state index in [1.54, 1.807) is 0 Å². The summed E-state index contributed by atoms with van der Waals surface area (Å²) in [4.78, 5) is 0. The molecule has 13 heavy (non-hydrogen) atoms. The minimum atomic E-state index is 0.110. The Morgan fingerprint density at radius 3 is 2.23 bits per heavy atom. The molecule has 4 aliphatic rings. The van der Waals surface area contributed by atoms with Gasteiger partial charge in [0.25, 0.3) is 0 Å². The van der Waals surface area contributed by atoms with Gasteiger partial charge in [-0.25, -0.2) is 0 Å². The Morgan fingerprint density at radius 1 is 1.15 bits per heavy atom. The van der Waals surface area contributed by atoms with Crippen molar-refractivity contribution in [1.82, 2.24) is 0 Å². The molecule has 4 saturated carbocycles. The third-order valence-corrected chi connectivity index (χ3v) is 4.59. The standard InChI is InChI=1S/C12H17N/c1-11-3-9-2-10(4-11)6-12(5-9,7-11)8-13/h9-10H,2-7H2,1H3. The minimum Gasteiger partial charge on any atom is -0.198 e. The van der Waals surface area contributed by atoms with Gasteiger partial charge in [-0.2, -0.15) is 5.26 Å². The smallest absolute Gasteiger partial charge is 0.0690 e. The van der Waals surface area contributed by atoms with Crippen LogP contribution in [0.5, 0.6) is 0 Å². The summed E-state index contributed by atoms with van der Waals surface area (Å²) in [7, 11) is 0. The summed E-state index contributed by atoms with van der Waals surface area (Å²) >= 11 is 0. The van der Waals surface area contributed by atoms with Crippen LogP contribution in [0.15, 0.2) is 0 Å². The fourth-order valence-electron chi connectivity index (χ4n) is 4.85. The van der Waals surface area contributed by atoms with Crippen LogP contribution in [-0.4, -0.2) is 0 Å². The maximum absolute atomic E-state index is 9.30. The molecule has 70 valence electrons. The molecule has 0 amide bonds. The summed E-state index contributed by atoms with van der Waals surface area (Å²) in [6.45, 7) is 2.41. The maximum atomic E-state index is 9.30. The Balaban J connectivity index is 2.01. The van der Waals surface area contributed by atoms with Crippen molar-refractivity contribution in [3.63, 3.8) is 0 Å². The molecule has 4 aliphatic carbocycles. The Morgan fingerprint density at radius 2 is 1.77 bits per heavy atom. The van der Waals surface area contributed by atoms with E-state index < -0.39 is 0 Å². The molecule has 0 radical (unpaired) electrons. The zero-order valence-corrected chi connectivity index (χ0v) is 8.34. The molecule has 0 N–H and O–H groups in total. The van der Waals surface area contributed by atoms with Crippen molar-refractivity contribution >= 4 is 0 Å². The van der Waals surface area contributed by atoms with Gasteiger partial charge in [0, 0.05) is 0 Å². The van der Waals surface area contributed by atoms with E-state index >= 15 is 0 Å². The second-order valence-electron chi connectivity index (χ2n) is 6.16. The number of nitriles is 1. The number of rotatable bonds is 0. The normalized spacial score (nSPS) is 57.8. The number of hydrogen-bond donors (Lipinski definition) is 0. The predicted molar refractivity (Wildman–Crippen MR) is 50.8 cm³/mol. The van der Waals surface area contributed by atoms with Crippen molar-refractivity contribution in [2.75, 3.05) is 0 Å². The molecule has 4 fully saturated rings. The first-order valence-electron chi connectivity index (χ1n) is 5.54. The predicted octanol–water partition coefficient (Wildman–Crippen LogP) is 3.12. The largest absolute Gasteiger partial charge is 0.198 e. The topological polar surface area (TPSA) is 23.8 Å². The van der Waals surface area contributed by atoms with Crippen molar-refractivity contribution in [2.45, 2.75) is 45.4 Å². The Hall–Kier alpha value is -0.510. The Bertz CT molecular complexity index is 272. The van der Waals surface area contributed by atoms with Crippen molar-refractivity contribution in [3.8, 4) is 6.07 Å². The summed E-state index contributed by atoms with van der Waals surface area (Å²) in [5.41, 5.74) is 0.651. The second kappa shape index (κ2) is 2.11. The van der Waals surface area contributed by atoms with Crippen LogP contribution in [0.25, 0.3) is 0 Å². The van der Waals surface area contributed by atoms with Crippen LogP contribution >= 0.6 is 0 Å². The lowest BCUT2D eigenvalue weighted by molar-refractivity contribution is -0.0738. The molecular formula is C12H17N. The molecule has 0 aromatic heterocycles. The lowest BCUT2D eigenvalue weighted by Crippen LogP contribution is -2.50. The van der Waals surface area contributed by atoms with E-state index in [9.17, 15) is 5.26 Å². The van der Waals surface area contributed by atoms with Gasteiger partial charge in [-0.15, -0.1) is 0 Å². The number of hydrogen-bond acceptors (Lipinski definition) is 1. The lowest BCUT2D eigenvalue weighted by Gasteiger charge is -2.58. The van der Waals surface area contributed by atoms with Gasteiger partial charge in [-0.3, -0.25) is 0 Å². The monoisotopic (exact) mass is 175 g/mol. The molecule has 0 aromatic rings. The Kier molecular flexibility index (Phi) is 1.27. The number of nitrogens with zero attached hydrogens (tertiary/aromatic N) is 1. The molecule has 2 atom stereocenters. The van der Waals surface area contributed by atoms with Gasteiger partial charge >= 0.3 is 0 Å². The molecule has 1 nitrogen and oxygen atoms in total. The molecule has 0 heterocycles. The van der Waals surface area contributed by atoms with E-state index in [-0.39, 0.29) is 5.41 Å². The van der Waals surface area contributed by atoms with Gasteiger partial charge in [-0.05, 0) is 55.8 Å². The molecular weight excluding hydrogens is 158 g/mol. The first-order valence-corrected chi connectivity index (χ1v) is 5.54. The van der Waals surface area contributed by atoms with Gasteiger partial charge in [-0.1, -0.05) is 6.92 Å². The van der Waals surface area contributed by atoms with Crippen LogP contribution in [0.4, 0.5) is 0 Å². The van der Waals surface area contributed by atoms with Crippen molar-refractivity contribution < 1.29 is 0 Å². The van der Waals surface area contributed by atoms with Crippen molar-refractivity contribution in [1.29, 1.82) is 5.26 Å². The fourth-order valence-corrected chi connectivity index (χ4v) is 4.85. The summed E-state index contributed by atoms with van der Waals surface area (Å²) in [5, 5.41) is 9.30. The van der Waals surface area contributed by atoms with Crippen LogP contribution < -0.4 is 0 Å². The summed E-state index contributed by atoms with van der Waals surface area (Å²) in [6, 6.07) is 2.63. The second-order valence-corrected chi connectivity index (χ2v) is 6.16. The zero-order valence-electron chi connectivity index (χ0n) is 8.34. The molecule has 4 bridgehead atoms. The average molecular weight is 175 g/mol. The summed E-state index contributed by atoms with van der Waals surface area (Å²) in [6.07, 6.45) is 7.88. The van der Waals surface area contributed by atoms with E-state index in [0.717, 1.165) is 11.8 Å². The van der Waals surface area contributed by atoms with Gasteiger partial charge < -0.3 is 0 Å². The van der Waals surface area contributed by atoms with Crippen LogP contribution in [0, 0.1) is 34.0 Å². The molecule has 0 aromatic carbocycles. The van der Waals surface area contributed by atoms with Crippen LogP contribution in [0.3, 0.4) is 0 Å². The highest BCUT2D eigenvalue weighted by molar-refractivity contribution is 5.14.